The Bertz CT molecular complexity index is 1010. The molecule has 3 rings (SSSR count). The van der Waals surface area contributed by atoms with Crippen molar-refractivity contribution in [3.8, 4) is 6.07 Å². The number of nitriles is 1. The van der Waals surface area contributed by atoms with Gasteiger partial charge in [-0.1, -0.05) is 30.3 Å². The number of hydrogen-bond acceptors (Lipinski definition) is 5. The Balaban J connectivity index is 1.51. The quantitative estimate of drug-likeness (QED) is 0.654. The number of amides is 4. The Labute approximate surface area is 173 Å². The highest BCUT2D eigenvalue weighted by molar-refractivity contribution is 6.21. The minimum absolute atomic E-state index is 0.128. The van der Waals surface area contributed by atoms with E-state index in [4.69, 9.17) is 5.26 Å². The molecule has 1 heterocycles. The molecule has 0 aromatic heterocycles. The molecule has 30 heavy (non-hydrogen) atoms. The monoisotopic (exact) mass is 404 g/mol. The lowest BCUT2D eigenvalue weighted by molar-refractivity contribution is -0.120. The topological polar surface area (TPSA) is 119 Å². The maximum Gasteiger partial charge on any atom is 0.261 e. The van der Waals surface area contributed by atoms with Crippen LogP contribution in [0.4, 0.5) is 5.69 Å². The summed E-state index contributed by atoms with van der Waals surface area (Å²) in [6.07, 6.45) is 0.229. The second-order valence-corrected chi connectivity index (χ2v) is 6.73. The van der Waals surface area contributed by atoms with E-state index in [1.54, 1.807) is 54.6 Å². The lowest BCUT2D eigenvalue weighted by atomic mass is 10.1. The average molecular weight is 404 g/mol. The molecule has 2 N–H and O–H groups in total. The molecule has 2 aromatic rings. The van der Waals surface area contributed by atoms with Crippen LogP contribution in [0.25, 0.3) is 0 Å². The molecule has 0 unspecified atom stereocenters. The van der Waals surface area contributed by atoms with Crippen LogP contribution in [0.5, 0.6) is 0 Å². The summed E-state index contributed by atoms with van der Waals surface area (Å²) in [7, 11) is 0. The van der Waals surface area contributed by atoms with E-state index in [9.17, 15) is 19.2 Å². The number of benzene rings is 2. The van der Waals surface area contributed by atoms with Crippen LogP contribution in [-0.4, -0.2) is 35.1 Å². The maximum absolute atomic E-state index is 12.3. The van der Waals surface area contributed by atoms with Crippen LogP contribution >= 0.6 is 0 Å². The molecule has 0 radical (unpaired) electrons. The van der Waals surface area contributed by atoms with Crippen molar-refractivity contribution in [2.75, 3.05) is 11.9 Å². The summed E-state index contributed by atoms with van der Waals surface area (Å²) in [6.45, 7) is 0.345. The third-order valence-corrected chi connectivity index (χ3v) is 4.67. The number of hydrogen-bond donors (Lipinski definition) is 2. The van der Waals surface area contributed by atoms with E-state index in [1.807, 2.05) is 0 Å². The summed E-state index contributed by atoms with van der Waals surface area (Å²) >= 11 is 0. The van der Waals surface area contributed by atoms with Gasteiger partial charge in [0.1, 0.15) is 6.42 Å². The molecule has 0 saturated heterocycles. The maximum atomic E-state index is 12.3. The predicted molar refractivity (Wildman–Crippen MR) is 108 cm³/mol. The Morgan fingerprint density at radius 3 is 2.23 bits per heavy atom. The van der Waals surface area contributed by atoms with Gasteiger partial charge in [-0.05, 0) is 30.2 Å². The van der Waals surface area contributed by atoms with Crippen molar-refractivity contribution < 1.29 is 19.2 Å². The lowest BCUT2D eigenvalue weighted by Crippen LogP contribution is -2.31. The standard InChI is InChI=1S/C22H20N4O4/c23-12-11-19(27)24-14-15-6-1-4-9-18(15)25-20(28)10-5-13-26-21(29)16-7-2-3-8-17(16)22(26)30/h1-4,6-9H,5,10-11,13-14H2,(H,24,27)(H,25,28). The molecule has 152 valence electrons. The molecule has 8 nitrogen and oxygen atoms in total. The van der Waals surface area contributed by atoms with Crippen LogP contribution < -0.4 is 10.6 Å². The molecule has 8 heteroatoms. The zero-order valence-corrected chi connectivity index (χ0v) is 16.2. The number of carbonyl (C=O) groups excluding carboxylic acids is 4. The van der Waals surface area contributed by atoms with Gasteiger partial charge in [-0.3, -0.25) is 24.1 Å². The zero-order chi connectivity index (χ0) is 21.5. The molecule has 0 atom stereocenters. The number of nitrogens with one attached hydrogen (secondary N) is 2. The van der Waals surface area contributed by atoms with Gasteiger partial charge in [0.05, 0.1) is 17.2 Å². The Kier molecular flexibility index (Phi) is 6.55. The highest BCUT2D eigenvalue weighted by Gasteiger charge is 2.34. The number of nitrogens with zero attached hydrogens (tertiary/aromatic N) is 2. The van der Waals surface area contributed by atoms with E-state index >= 15 is 0 Å². The van der Waals surface area contributed by atoms with Crippen LogP contribution in [0.1, 0.15) is 45.5 Å². The first-order valence-electron chi connectivity index (χ1n) is 9.48. The van der Waals surface area contributed by atoms with Gasteiger partial charge in [-0.15, -0.1) is 0 Å². The number of carbonyl (C=O) groups is 4. The second kappa shape index (κ2) is 9.47. The fourth-order valence-corrected chi connectivity index (χ4v) is 3.18. The highest BCUT2D eigenvalue weighted by Crippen LogP contribution is 2.23. The van der Waals surface area contributed by atoms with Gasteiger partial charge in [-0.2, -0.15) is 5.26 Å². The predicted octanol–water partition coefficient (Wildman–Crippen LogP) is 2.23. The summed E-state index contributed by atoms with van der Waals surface area (Å²) in [4.78, 5) is 49.6. The first kappa shape index (κ1) is 20.7. The van der Waals surface area contributed by atoms with Gasteiger partial charge in [0, 0.05) is 25.2 Å². The van der Waals surface area contributed by atoms with Crippen LogP contribution in [-0.2, 0) is 16.1 Å². The van der Waals surface area contributed by atoms with Crippen molar-refractivity contribution in [2.24, 2.45) is 0 Å². The summed E-state index contributed by atoms with van der Waals surface area (Å²) in [6, 6.07) is 15.5. The van der Waals surface area contributed by atoms with Crippen LogP contribution in [0.15, 0.2) is 48.5 Å². The fraction of sp³-hybridized carbons (Fsp3) is 0.227. The summed E-state index contributed by atoms with van der Waals surface area (Å²) in [5.74, 6) is -1.33. The zero-order valence-electron chi connectivity index (χ0n) is 16.2. The number of para-hydroxylation sites is 1. The molecular formula is C22H20N4O4. The number of imide groups is 1. The van der Waals surface area contributed by atoms with Crippen LogP contribution in [0.2, 0.25) is 0 Å². The molecule has 0 saturated carbocycles. The van der Waals surface area contributed by atoms with Crippen molar-refractivity contribution in [1.82, 2.24) is 10.2 Å². The van der Waals surface area contributed by atoms with E-state index in [2.05, 4.69) is 10.6 Å². The van der Waals surface area contributed by atoms with Crippen molar-refractivity contribution in [3.05, 3.63) is 65.2 Å². The summed E-state index contributed by atoms with van der Waals surface area (Å²) in [5, 5.41) is 13.9. The molecule has 0 bridgehead atoms. The molecule has 0 spiro atoms. The molecule has 2 aromatic carbocycles. The highest BCUT2D eigenvalue weighted by atomic mass is 16.2. The smallest absolute Gasteiger partial charge is 0.261 e. The molecule has 0 fully saturated rings. The molecule has 0 aliphatic carbocycles. The Morgan fingerprint density at radius 2 is 1.57 bits per heavy atom. The first-order chi connectivity index (χ1) is 14.5. The van der Waals surface area contributed by atoms with Gasteiger partial charge < -0.3 is 10.6 Å². The molecular weight excluding hydrogens is 384 g/mol. The van der Waals surface area contributed by atoms with E-state index in [1.165, 1.54) is 0 Å². The minimum Gasteiger partial charge on any atom is -0.351 e. The lowest BCUT2D eigenvalue weighted by Gasteiger charge is -2.14. The fourth-order valence-electron chi connectivity index (χ4n) is 3.18. The molecule has 1 aliphatic heterocycles. The van der Waals surface area contributed by atoms with Crippen molar-refractivity contribution in [1.29, 1.82) is 5.26 Å². The molecule has 1 aliphatic rings. The number of fused-ring (bicyclic) bond motifs is 1. The van der Waals surface area contributed by atoms with Crippen LogP contribution in [0, 0.1) is 11.3 Å². The average Bonchev–Trinajstić information content (AvgIpc) is 2.98. The van der Waals surface area contributed by atoms with Gasteiger partial charge in [0.15, 0.2) is 0 Å². The summed E-state index contributed by atoms with van der Waals surface area (Å²) < 4.78 is 0. The Morgan fingerprint density at radius 1 is 0.933 bits per heavy atom. The normalized spacial score (nSPS) is 12.3. The van der Waals surface area contributed by atoms with Gasteiger partial charge >= 0.3 is 0 Å². The van der Waals surface area contributed by atoms with Gasteiger partial charge in [0.25, 0.3) is 11.8 Å². The van der Waals surface area contributed by atoms with Crippen molar-refractivity contribution in [2.45, 2.75) is 25.8 Å². The number of rotatable bonds is 8. The largest absolute Gasteiger partial charge is 0.351 e. The third kappa shape index (κ3) is 4.70. The minimum atomic E-state index is -0.389. The summed E-state index contributed by atoms with van der Waals surface area (Å²) in [5.41, 5.74) is 2.04. The van der Waals surface area contributed by atoms with Crippen molar-refractivity contribution >= 4 is 29.3 Å². The van der Waals surface area contributed by atoms with E-state index in [0.29, 0.717) is 28.8 Å². The molecule has 4 amide bonds. The second-order valence-electron chi connectivity index (χ2n) is 6.73. The van der Waals surface area contributed by atoms with Crippen molar-refractivity contribution in [3.63, 3.8) is 0 Å². The first-order valence-corrected chi connectivity index (χ1v) is 9.48. The van der Waals surface area contributed by atoms with Gasteiger partial charge in [-0.25, -0.2) is 0 Å². The van der Waals surface area contributed by atoms with E-state index < -0.39 is 0 Å². The number of anilines is 1. The van der Waals surface area contributed by atoms with Gasteiger partial charge in [0.2, 0.25) is 11.8 Å². The SMILES string of the molecule is N#CCC(=O)NCc1ccccc1NC(=O)CCCN1C(=O)c2ccccc2C1=O. The van der Waals surface area contributed by atoms with Crippen LogP contribution in [0.3, 0.4) is 0 Å². The van der Waals surface area contributed by atoms with E-state index in [-0.39, 0.29) is 49.6 Å². The van der Waals surface area contributed by atoms with E-state index in [0.717, 1.165) is 4.90 Å². The third-order valence-electron chi connectivity index (χ3n) is 4.67. The Hall–Kier alpha value is -3.99.